The number of fused-ring (bicyclic) bond motifs is 1. The molecule has 0 aliphatic carbocycles. The number of benzene rings is 2. The molecule has 2 aromatic rings. The molecule has 0 bridgehead atoms. The molecule has 28 heavy (non-hydrogen) atoms. The standard InChI is InChI=1S/C22H25NO5/c1-24-18-12-15-8-9-23-17(16(15)13-19(18)25-2)7-6-14-10-20(26-3)22(28-5)21(11-14)27-4/h6-7,10-13H,8-9H2,1-5H3. The van der Waals surface area contributed by atoms with E-state index < -0.39 is 0 Å². The largest absolute Gasteiger partial charge is 0.493 e. The van der Waals surface area contributed by atoms with E-state index in [0.717, 1.165) is 35.6 Å². The molecule has 0 radical (unpaired) electrons. The quantitative estimate of drug-likeness (QED) is 0.728. The maximum Gasteiger partial charge on any atom is 0.203 e. The molecule has 0 N–H and O–H groups in total. The topological polar surface area (TPSA) is 58.5 Å². The maximum absolute atomic E-state index is 5.45. The molecule has 0 atom stereocenters. The fourth-order valence-electron chi connectivity index (χ4n) is 3.26. The van der Waals surface area contributed by atoms with E-state index in [9.17, 15) is 0 Å². The summed E-state index contributed by atoms with van der Waals surface area (Å²) in [6.45, 7) is 0.734. The molecule has 1 aliphatic rings. The minimum Gasteiger partial charge on any atom is -0.493 e. The molecule has 148 valence electrons. The maximum atomic E-state index is 5.45. The van der Waals surface area contributed by atoms with E-state index in [1.807, 2.05) is 36.4 Å². The van der Waals surface area contributed by atoms with Gasteiger partial charge in [0.2, 0.25) is 5.75 Å². The highest BCUT2D eigenvalue weighted by Crippen LogP contribution is 2.38. The van der Waals surface area contributed by atoms with Crippen molar-refractivity contribution in [1.82, 2.24) is 0 Å². The minimum atomic E-state index is 0.569. The lowest BCUT2D eigenvalue weighted by molar-refractivity contribution is 0.324. The highest BCUT2D eigenvalue weighted by molar-refractivity contribution is 6.12. The summed E-state index contributed by atoms with van der Waals surface area (Å²) in [6.07, 6.45) is 4.84. The molecule has 3 rings (SSSR count). The van der Waals surface area contributed by atoms with Crippen molar-refractivity contribution in [3.8, 4) is 28.7 Å². The predicted molar refractivity (Wildman–Crippen MR) is 110 cm³/mol. The Labute approximate surface area is 165 Å². The number of nitrogens with zero attached hydrogens (tertiary/aromatic N) is 1. The van der Waals surface area contributed by atoms with Crippen molar-refractivity contribution in [2.75, 3.05) is 42.1 Å². The Kier molecular flexibility index (Phi) is 6.09. The molecule has 6 nitrogen and oxygen atoms in total. The minimum absolute atomic E-state index is 0.569. The molecule has 0 saturated heterocycles. The van der Waals surface area contributed by atoms with Crippen LogP contribution in [0.2, 0.25) is 0 Å². The predicted octanol–water partition coefficient (Wildman–Crippen LogP) is 3.79. The van der Waals surface area contributed by atoms with Crippen molar-refractivity contribution >= 4 is 11.8 Å². The Morgan fingerprint density at radius 1 is 0.714 bits per heavy atom. The number of hydrogen-bond donors (Lipinski definition) is 0. The average Bonchev–Trinajstić information content (AvgIpc) is 2.75. The summed E-state index contributed by atoms with van der Waals surface area (Å²) in [6, 6.07) is 7.80. The average molecular weight is 383 g/mol. The molecule has 0 saturated carbocycles. The Hall–Kier alpha value is -3.15. The summed E-state index contributed by atoms with van der Waals surface area (Å²) in [5.41, 5.74) is 4.06. The van der Waals surface area contributed by atoms with Crippen LogP contribution in [0.3, 0.4) is 0 Å². The van der Waals surface area contributed by atoms with Crippen molar-refractivity contribution in [2.24, 2.45) is 4.99 Å². The summed E-state index contributed by atoms with van der Waals surface area (Å²) < 4.78 is 27.1. The third kappa shape index (κ3) is 3.76. The normalized spacial score (nSPS) is 13.0. The highest BCUT2D eigenvalue weighted by Gasteiger charge is 2.17. The van der Waals surface area contributed by atoms with Gasteiger partial charge in [-0.3, -0.25) is 4.99 Å². The Balaban J connectivity index is 1.97. The van der Waals surface area contributed by atoms with E-state index in [1.165, 1.54) is 5.56 Å². The number of hydrogen-bond acceptors (Lipinski definition) is 6. The van der Waals surface area contributed by atoms with Crippen LogP contribution in [0.25, 0.3) is 6.08 Å². The van der Waals surface area contributed by atoms with E-state index in [1.54, 1.807) is 35.5 Å². The SMILES string of the molecule is COc1cc2c(cc1OC)C(C=Cc1cc(OC)c(OC)c(OC)c1)=NCC2. The van der Waals surface area contributed by atoms with Gasteiger partial charge < -0.3 is 23.7 Å². The summed E-state index contributed by atoms with van der Waals surface area (Å²) in [4.78, 5) is 4.68. The van der Waals surface area contributed by atoms with Crippen LogP contribution >= 0.6 is 0 Å². The number of allylic oxidation sites excluding steroid dienone is 1. The van der Waals surface area contributed by atoms with E-state index in [-0.39, 0.29) is 0 Å². The van der Waals surface area contributed by atoms with Crippen LogP contribution in [0, 0.1) is 0 Å². The molecule has 0 spiro atoms. The monoisotopic (exact) mass is 383 g/mol. The van der Waals surface area contributed by atoms with Gasteiger partial charge >= 0.3 is 0 Å². The number of ether oxygens (including phenoxy) is 5. The second-order valence-electron chi connectivity index (χ2n) is 6.17. The van der Waals surface area contributed by atoms with E-state index >= 15 is 0 Å². The second-order valence-corrected chi connectivity index (χ2v) is 6.17. The first-order valence-corrected chi connectivity index (χ1v) is 8.93. The molecule has 0 amide bonds. The van der Waals surface area contributed by atoms with Crippen molar-refractivity contribution < 1.29 is 23.7 Å². The van der Waals surface area contributed by atoms with Gasteiger partial charge in [0.15, 0.2) is 23.0 Å². The lowest BCUT2D eigenvalue weighted by Gasteiger charge is -2.18. The van der Waals surface area contributed by atoms with Gasteiger partial charge in [-0.25, -0.2) is 0 Å². The van der Waals surface area contributed by atoms with Crippen LogP contribution in [0.15, 0.2) is 35.3 Å². The van der Waals surface area contributed by atoms with E-state index in [0.29, 0.717) is 23.0 Å². The van der Waals surface area contributed by atoms with Crippen molar-refractivity contribution in [1.29, 1.82) is 0 Å². The van der Waals surface area contributed by atoms with Gasteiger partial charge in [-0.15, -0.1) is 0 Å². The van der Waals surface area contributed by atoms with Crippen LogP contribution in [-0.4, -0.2) is 47.8 Å². The number of aliphatic imine (C=N–C) groups is 1. The third-order valence-corrected chi connectivity index (χ3v) is 4.67. The van der Waals surface area contributed by atoms with Gasteiger partial charge in [0.05, 0.1) is 41.3 Å². The Morgan fingerprint density at radius 2 is 1.32 bits per heavy atom. The first-order chi connectivity index (χ1) is 13.6. The van der Waals surface area contributed by atoms with Crippen molar-refractivity contribution in [3.05, 3.63) is 47.0 Å². The van der Waals surface area contributed by atoms with Crippen LogP contribution < -0.4 is 23.7 Å². The molecule has 1 aliphatic heterocycles. The van der Waals surface area contributed by atoms with Crippen LogP contribution in [0.5, 0.6) is 28.7 Å². The summed E-state index contributed by atoms with van der Waals surface area (Å²) in [5.74, 6) is 3.21. The zero-order valence-corrected chi connectivity index (χ0v) is 16.9. The third-order valence-electron chi connectivity index (χ3n) is 4.67. The zero-order valence-electron chi connectivity index (χ0n) is 16.9. The van der Waals surface area contributed by atoms with Gasteiger partial charge in [-0.2, -0.15) is 0 Å². The molecular weight excluding hydrogens is 358 g/mol. The number of rotatable bonds is 7. The molecule has 0 fully saturated rings. The first-order valence-electron chi connectivity index (χ1n) is 8.93. The molecule has 0 aromatic heterocycles. The van der Waals surface area contributed by atoms with Gasteiger partial charge in [0.1, 0.15) is 0 Å². The van der Waals surface area contributed by atoms with Gasteiger partial charge in [-0.1, -0.05) is 6.08 Å². The second kappa shape index (κ2) is 8.69. The first kappa shape index (κ1) is 19.6. The number of methoxy groups -OCH3 is 5. The Morgan fingerprint density at radius 3 is 1.89 bits per heavy atom. The molecule has 0 unspecified atom stereocenters. The van der Waals surface area contributed by atoms with Crippen LogP contribution in [-0.2, 0) is 6.42 Å². The summed E-state index contributed by atoms with van der Waals surface area (Å²) >= 11 is 0. The lowest BCUT2D eigenvalue weighted by Crippen LogP contribution is -2.11. The molecule has 2 aromatic carbocycles. The highest BCUT2D eigenvalue weighted by atomic mass is 16.5. The molecular formula is C22H25NO5. The van der Waals surface area contributed by atoms with Gasteiger partial charge in [0, 0.05) is 12.1 Å². The summed E-state index contributed by atoms with van der Waals surface area (Å²) in [7, 11) is 8.07. The fourth-order valence-corrected chi connectivity index (χ4v) is 3.26. The van der Waals surface area contributed by atoms with E-state index in [2.05, 4.69) is 4.99 Å². The van der Waals surface area contributed by atoms with E-state index in [4.69, 9.17) is 23.7 Å². The fraction of sp³-hybridized carbons (Fsp3) is 0.318. The lowest BCUT2D eigenvalue weighted by atomic mass is 9.96. The van der Waals surface area contributed by atoms with Gasteiger partial charge in [-0.05, 0) is 47.9 Å². The van der Waals surface area contributed by atoms with Crippen molar-refractivity contribution in [2.45, 2.75) is 6.42 Å². The smallest absolute Gasteiger partial charge is 0.203 e. The van der Waals surface area contributed by atoms with Crippen LogP contribution in [0.1, 0.15) is 16.7 Å². The van der Waals surface area contributed by atoms with Gasteiger partial charge in [0.25, 0.3) is 0 Å². The van der Waals surface area contributed by atoms with Crippen molar-refractivity contribution in [3.63, 3.8) is 0 Å². The Bertz CT molecular complexity index is 892. The summed E-state index contributed by atoms with van der Waals surface area (Å²) in [5, 5.41) is 0. The molecule has 6 heteroatoms. The van der Waals surface area contributed by atoms with Crippen LogP contribution in [0.4, 0.5) is 0 Å². The molecule has 1 heterocycles. The zero-order chi connectivity index (χ0) is 20.1.